The lowest BCUT2D eigenvalue weighted by Crippen LogP contribution is -2.53. The average molecular weight is 1250 g/mol. The van der Waals surface area contributed by atoms with Crippen LogP contribution in [0.1, 0.15) is 156 Å². The molecule has 0 spiro atoms. The van der Waals surface area contributed by atoms with Crippen LogP contribution in [-0.2, 0) is 18.9 Å². The SMILES string of the molecule is Cc1c(O)cc(C(=O)N[C@H]2CCCC[C@@H]2NC(=O)c2cc(O)c(O)c(O)c2)cc1O.Cc1c(O)cc(C(=O)O[C@H]2CCCC[C@H]2OC(=O)c2cc(O)c(O)c(O)c2)cc1O.Cc1c(O)cc(C(=O)O[C@H]2CCCC[C@H]2OC(=O)c2cc(O)c(O)c(O)c2)cc1O. The number of rotatable bonds is 12. The molecule has 6 aromatic carbocycles. The van der Waals surface area contributed by atoms with E-state index in [-0.39, 0.29) is 90.6 Å². The molecule has 27 heteroatoms. The van der Waals surface area contributed by atoms with Gasteiger partial charge in [0.25, 0.3) is 11.8 Å². The van der Waals surface area contributed by atoms with E-state index in [0.29, 0.717) is 38.5 Å². The fourth-order valence-electron chi connectivity index (χ4n) is 10.1. The maximum atomic E-state index is 12.6. The minimum atomic E-state index is -0.862. The van der Waals surface area contributed by atoms with Crippen LogP contribution >= 0.6 is 0 Å². The molecule has 480 valence electrons. The molecule has 9 rings (SSSR count). The summed E-state index contributed by atoms with van der Waals surface area (Å²) in [5.74, 6) is -11.9. The summed E-state index contributed by atoms with van der Waals surface area (Å²) < 4.78 is 21.8. The number of phenolic OH excluding ortho intramolecular Hbond substituents is 15. The third-order valence-electron chi connectivity index (χ3n) is 15.5. The van der Waals surface area contributed by atoms with Crippen molar-refractivity contribution in [3.8, 4) is 86.2 Å². The van der Waals surface area contributed by atoms with Crippen molar-refractivity contribution in [3.63, 3.8) is 0 Å². The maximum Gasteiger partial charge on any atom is 0.338 e. The van der Waals surface area contributed by atoms with Gasteiger partial charge in [0.2, 0.25) is 0 Å². The van der Waals surface area contributed by atoms with Crippen LogP contribution in [0.3, 0.4) is 0 Å². The summed E-state index contributed by atoms with van der Waals surface area (Å²) >= 11 is 0. The van der Waals surface area contributed by atoms with Crippen molar-refractivity contribution in [3.05, 3.63) is 123 Å². The van der Waals surface area contributed by atoms with Crippen LogP contribution in [0.5, 0.6) is 86.2 Å². The number of nitrogens with one attached hydrogen (secondary N) is 2. The first-order valence-electron chi connectivity index (χ1n) is 28.3. The lowest BCUT2D eigenvalue weighted by atomic mass is 9.89. The molecule has 2 amide bonds. The Kier molecular flexibility index (Phi) is 21.3. The number of ether oxygens (including phenoxy) is 4. The first-order chi connectivity index (χ1) is 42.5. The zero-order valence-electron chi connectivity index (χ0n) is 48.7. The van der Waals surface area contributed by atoms with Gasteiger partial charge in [0.05, 0.1) is 22.3 Å². The highest BCUT2D eigenvalue weighted by molar-refractivity contribution is 5.97. The van der Waals surface area contributed by atoms with Crippen molar-refractivity contribution in [1.82, 2.24) is 10.6 Å². The fourth-order valence-corrected chi connectivity index (χ4v) is 10.1. The van der Waals surface area contributed by atoms with Crippen molar-refractivity contribution < 1.29 is 124 Å². The highest BCUT2D eigenvalue weighted by Gasteiger charge is 2.35. The van der Waals surface area contributed by atoms with E-state index >= 15 is 0 Å². The standard InChI is InChI=1S/C21H24N2O7.2C21H22O9/c1-10-15(24)6-11(7-16(10)25)20(29)22-13-4-2-3-5-14(13)23-21(30)12-8-17(26)19(28)18(27)9-12;2*1-10-13(22)6-11(7-14(10)23)20(27)29-17-4-2-3-5-18(17)30-21(28)12-8-15(24)19(26)16(25)9-12/h6-9,13-14,24-28H,2-5H2,1H3,(H,22,29)(H,23,30);2*6-9,17-18,22-26H,2-5H2,1H3/t13-,14-;2*17-,18+/m000/s1. The number of esters is 4. The van der Waals surface area contributed by atoms with Crippen LogP contribution in [0.25, 0.3) is 0 Å². The van der Waals surface area contributed by atoms with E-state index in [2.05, 4.69) is 10.6 Å². The summed E-state index contributed by atoms with van der Waals surface area (Å²) in [6.07, 6.45) is 4.62. The van der Waals surface area contributed by atoms with E-state index < -0.39 is 118 Å². The molecule has 0 radical (unpaired) electrons. The molecule has 0 aliphatic heterocycles. The van der Waals surface area contributed by atoms with Gasteiger partial charge in [-0.05, 0) is 158 Å². The third-order valence-corrected chi connectivity index (χ3v) is 15.5. The topological polar surface area (TPSA) is 467 Å². The Morgan fingerprint density at radius 3 is 0.689 bits per heavy atom. The molecular formula is C63H68N2O25. The van der Waals surface area contributed by atoms with Gasteiger partial charge < -0.3 is 106 Å². The molecule has 3 aliphatic carbocycles. The number of phenols is 15. The lowest BCUT2D eigenvalue weighted by molar-refractivity contribution is -0.0514. The molecule has 3 saturated carbocycles. The normalized spacial score (nSPS) is 18.6. The second-order valence-electron chi connectivity index (χ2n) is 21.8. The van der Waals surface area contributed by atoms with Crippen LogP contribution in [-0.4, -0.2) is 149 Å². The molecule has 6 aromatic rings. The molecule has 0 aromatic heterocycles. The van der Waals surface area contributed by atoms with Gasteiger partial charge >= 0.3 is 23.9 Å². The van der Waals surface area contributed by atoms with E-state index in [1.807, 2.05) is 0 Å². The highest BCUT2D eigenvalue weighted by Crippen LogP contribution is 2.40. The predicted octanol–water partition coefficient (Wildman–Crippen LogP) is 7.69. The highest BCUT2D eigenvalue weighted by atomic mass is 16.6. The van der Waals surface area contributed by atoms with Gasteiger partial charge in [-0.1, -0.05) is 12.8 Å². The first kappa shape index (κ1) is 66.7. The fraction of sp³-hybridized carbons (Fsp3) is 0.333. The van der Waals surface area contributed by atoms with E-state index in [1.165, 1.54) is 57.2 Å². The molecule has 90 heavy (non-hydrogen) atoms. The van der Waals surface area contributed by atoms with Gasteiger partial charge in [0.15, 0.2) is 51.7 Å². The number of amides is 2. The number of carbonyl (C=O) groups is 6. The molecule has 17 N–H and O–H groups in total. The largest absolute Gasteiger partial charge is 0.508 e. The van der Waals surface area contributed by atoms with Crippen molar-refractivity contribution in [2.45, 2.75) is 134 Å². The van der Waals surface area contributed by atoms with Crippen molar-refractivity contribution in [1.29, 1.82) is 0 Å². The molecule has 0 heterocycles. The Hall–Kier alpha value is -10.9. The molecule has 0 saturated heterocycles. The van der Waals surface area contributed by atoms with Crippen LogP contribution in [0.4, 0.5) is 0 Å². The number of hydrogen-bond donors (Lipinski definition) is 17. The molecular weight excluding hydrogens is 1180 g/mol. The Balaban J connectivity index is 0.000000192. The summed E-state index contributed by atoms with van der Waals surface area (Å²) in [7, 11) is 0. The van der Waals surface area contributed by atoms with Crippen LogP contribution < -0.4 is 10.6 Å². The van der Waals surface area contributed by atoms with Crippen LogP contribution in [0, 0.1) is 20.8 Å². The predicted molar refractivity (Wildman–Crippen MR) is 313 cm³/mol. The number of carbonyl (C=O) groups excluding carboxylic acids is 6. The van der Waals surface area contributed by atoms with Crippen LogP contribution in [0.2, 0.25) is 0 Å². The Morgan fingerprint density at radius 2 is 0.467 bits per heavy atom. The molecule has 27 nitrogen and oxygen atoms in total. The number of benzene rings is 6. The van der Waals surface area contributed by atoms with E-state index in [4.69, 9.17) is 18.9 Å². The molecule has 6 atom stereocenters. The smallest absolute Gasteiger partial charge is 0.338 e. The lowest BCUT2D eigenvalue weighted by Gasteiger charge is -2.33. The van der Waals surface area contributed by atoms with Gasteiger partial charge in [0.1, 0.15) is 58.9 Å². The van der Waals surface area contributed by atoms with Crippen molar-refractivity contribution in [2.75, 3.05) is 0 Å². The van der Waals surface area contributed by atoms with Gasteiger partial charge in [-0.15, -0.1) is 0 Å². The molecule has 3 aliphatic rings. The van der Waals surface area contributed by atoms with Crippen LogP contribution in [0.15, 0.2) is 72.8 Å². The van der Waals surface area contributed by atoms with Gasteiger partial charge in [-0.2, -0.15) is 0 Å². The Morgan fingerprint density at radius 1 is 0.289 bits per heavy atom. The van der Waals surface area contributed by atoms with Crippen molar-refractivity contribution >= 4 is 35.7 Å². The summed E-state index contributed by atoms with van der Waals surface area (Å²) in [6.45, 7) is 4.52. The zero-order valence-corrected chi connectivity index (χ0v) is 48.7. The van der Waals surface area contributed by atoms with E-state index in [9.17, 15) is 105 Å². The third kappa shape index (κ3) is 16.2. The molecule has 0 unspecified atom stereocenters. The summed E-state index contributed by atoms with van der Waals surface area (Å²) in [5.41, 5.74) is 0.368. The van der Waals surface area contributed by atoms with E-state index in [0.717, 1.165) is 74.9 Å². The first-order valence-corrected chi connectivity index (χ1v) is 28.3. The van der Waals surface area contributed by atoms with Gasteiger partial charge in [-0.25, -0.2) is 19.2 Å². The zero-order chi connectivity index (χ0) is 66.0. The summed E-state index contributed by atoms with van der Waals surface area (Å²) in [5, 5.41) is 150. The second kappa shape index (κ2) is 28.8. The maximum absolute atomic E-state index is 12.6. The Bertz CT molecular complexity index is 2960. The van der Waals surface area contributed by atoms with Crippen molar-refractivity contribution in [2.24, 2.45) is 0 Å². The minimum Gasteiger partial charge on any atom is -0.508 e. The minimum absolute atomic E-state index is 0.0353. The molecule has 0 bridgehead atoms. The summed E-state index contributed by atoms with van der Waals surface area (Å²) in [4.78, 5) is 75.0. The number of aromatic hydroxyl groups is 15. The summed E-state index contributed by atoms with van der Waals surface area (Å²) in [6, 6.07) is 12.4. The second-order valence-corrected chi connectivity index (χ2v) is 21.8. The van der Waals surface area contributed by atoms with E-state index in [1.54, 1.807) is 0 Å². The average Bonchev–Trinajstić information content (AvgIpc) is 2.28. The van der Waals surface area contributed by atoms with Gasteiger partial charge in [-0.3, -0.25) is 9.59 Å². The number of hydrogen-bond acceptors (Lipinski definition) is 25. The quantitative estimate of drug-likeness (QED) is 0.0317. The monoisotopic (exact) mass is 1250 g/mol. The van der Waals surface area contributed by atoms with Gasteiger partial charge in [0, 0.05) is 39.9 Å². The Labute approximate surface area is 512 Å². The molecule has 3 fully saturated rings.